The Morgan fingerprint density at radius 3 is 1.33 bits per heavy atom. The van der Waals surface area contributed by atoms with Crippen molar-refractivity contribution in [3.8, 4) is 0 Å². The SMILES string of the molecule is CCCCCCCCCCCCCCCCCC(=O)OC(CC=O)CCCCCCCCC. The maximum absolute atomic E-state index is 12.1. The minimum Gasteiger partial charge on any atom is -0.462 e. The van der Waals surface area contributed by atoms with Crippen LogP contribution in [0.3, 0.4) is 0 Å². The third-order valence-corrected chi connectivity index (χ3v) is 6.77. The predicted octanol–water partition coefficient (Wildman–Crippen LogP) is 9.89. The molecule has 0 N–H and O–H groups in total. The second kappa shape index (κ2) is 27.4. The molecule has 0 aromatic rings. The third-order valence-electron chi connectivity index (χ3n) is 6.77. The molecule has 0 fully saturated rings. The minimum absolute atomic E-state index is 0.112. The number of aldehydes is 1. The number of hydrogen-bond acceptors (Lipinski definition) is 3. The summed E-state index contributed by atoms with van der Waals surface area (Å²) in [4.78, 5) is 23.1. The van der Waals surface area contributed by atoms with Crippen molar-refractivity contribution in [3.05, 3.63) is 0 Å². The van der Waals surface area contributed by atoms with Crippen molar-refractivity contribution >= 4 is 12.3 Å². The number of rotatable bonds is 27. The highest BCUT2D eigenvalue weighted by molar-refractivity contribution is 5.69. The van der Waals surface area contributed by atoms with Crippen molar-refractivity contribution in [1.82, 2.24) is 0 Å². The molecule has 0 saturated heterocycles. The molecule has 1 atom stereocenters. The highest BCUT2D eigenvalue weighted by atomic mass is 16.5. The summed E-state index contributed by atoms with van der Waals surface area (Å²) in [6.45, 7) is 4.51. The number of unbranched alkanes of at least 4 members (excludes halogenated alkanes) is 20. The Balaban J connectivity index is 3.49. The van der Waals surface area contributed by atoms with Gasteiger partial charge in [0.05, 0.1) is 0 Å². The van der Waals surface area contributed by atoms with Gasteiger partial charge in [0.1, 0.15) is 12.4 Å². The lowest BCUT2D eigenvalue weighted by Crippen LogP contribution is -2.18. The topological polar surface area (TPSA) is 43.4 Å². The van der Waals surface area contributed by atoms with E-state index in [-0.39, 0.29) is 12.1 Å². The molecule has 0 saturated carbocycles. The number of carbonyl (C=O) groups excluding carboxylic acids is 2. The number of ether oxygens (including phenoxy) is 1. The van der Waals surface area contributed by atoms with Crippen molar-refractivity contribution in [1.29, 1.82) is 0 Å². The van der Waals surface area contributed by atoms with Crippen LogP contribution in [0.1, 0.15) is 174 Å². The zero-order valence-electron chi connectivity index (χ0n) is 22.6. The van der Waals surface area contributed by atoms with Gasteiger partial charge in [0.2, 0.25) is 0 Å². The van der Waals surface area contributed by atoms with Crippen LogP contribution in [0.5, 0.6) is 0 Å². The molecule has 0 aromatic carbocycles. The molecule has 1 unspecified atom stereocenters. The Hall–Kier alpha value is -0.860. The van der Waals surface area contributed by atoms with E-state index in [1.807, 2.05) is 0 Å². The maximum Gasteiger partial charge on any atom is 0.306 e. The average Bonchev–Trinajstić information content (AvgIpc) is 2.81. The minimum atomic E-state index is -0.206. The zero-order chi connectivity index (χ0) is 24.2. The van der Waals surface area contributed by atoms with E-state index in [0.29, 0.717) is 12.8 Å². The van der Waals surface area contributed by atoms with Crippen molar-refractivity contribution in [2.24, 2.45) is 0 Å². The normalized spacial score (nSPS) is 12.1. The summed E-state index contributed by atoms with van der Waals surface area (Å²) in [5.41, 5.74) is 0. The van der Waals surface area contributed by atoms with Gasteiger partial charge in [0.15, 0.2) is 0 Å². The summed E-state index contributed by atoms with van der Waals surface area (Å²) in [6, 6.07) is 0. The quantitative estimate of drug-likeness (QED) is 0.0687. The lowest BCUT2D eigenvalue weighted by Gasteiger charge is -2.15. The first-order chi connectivity index (χ1) is 16.2. The number of esters is 1. The molecule has 0 aromatic heterocycles. The van der Waals surface area contributed by atoms with Gasteiger partial charge in [-0.2, -0.15) is 0 Å². The van der Waals surface area contributed by atoms with Crippen LogP contribution in [0.2, 0.25) is 0 Å². The smallest absolute Gasteiger partial charge is 0.306 e. The summed E-state index contributed by atoms with van der Waals surface area (Å²) < 4.78 is 5.58. The molecular formula is C30H58O3. The Labute approximate surface area is 207 Å². The van der Waals surface area contributed by atoms with Gasteiger partial charge in [-0.25, -0.2) is 0 Å². The first-order valence-electron chi connectivity index (χ1n) is 14.9. The Morgan fingerprint density at radius 1 is 0.576 bits per heavy atom. The second-order valence-corrected chi connectivity index (χ2v) is 10.1. The molecule has 0 heterocycles. The highest BCUT2D eigenvalue weighted by Crippen LogP contribution is 2.16. The Morgan fingerprint density at radius 2 is 0.939 bits per heavy atom. The molecule has 0 aliphatic rings. The summed E-state index contributed by atoms with van der Waals surface area (Å²) in [5.74, 6) is -0.112. The van der Waals surface area contributed by atoms with E-state index in [9.17, 15) is 9.59 Å². The molecule has 3 nitrogen and oxygen atoms in total. The fourth-order valence-corrected chi connectivity index (χ4v) is 4.55. The van der Waals surface area contributed by atoms with Gasteiger partial charge < -0.3 is 9.53 Å². The van der Waals surface area contributed by atoms with Gasteiger partial charge >= 0.3 is 5.97 Å². The van der Waals surface area contributed by atoms with Crippen molar-refractivity contribution in [2.75, 3.05) is 0 Å². The van der Waals surface area contributed by atoms with E-state index in [2.05, 4.69) is 13.8 Å². The van der Waals surface area contributed by atoms with E-state index in [1.165, 1.54) is 122 Å². The van der Waals surface area contributed by atoms with Crippen LogP contribution in [-0.2, 0) is 14.3 Å². The molecule has 196 valence electrons. The van der Waals surface area contributed by atoms with Gasteiger partial charge in [-0.3, -0.25) is 4.79 Å². The summed E-state index contributed by atoms with van der Waals surface area (Å²) in [5, 5.41) is 0. The number of carbonyl (C=O) groups is 2. The molecule has 0 spiro atoms. The largest absolute Gasteiger partial charge is 0.462 e. The zero-order valence-corrected chi connectivity index (χ0v) is 22.6. The first kappa shape index (κ1) is 32.1. The Kier molecular flexibility index (Phi) is 26.7. The molecule has 33 heavy (non-hydrogen) atoms. The summed E-state index contributed by atoms with van der Waals surface area (Å²) in [6.07, 6.45) is 31.0. The van der Waals surface area contributed by atoms with Gasteiger partial charge in [0, 0.05) is 12.8 Å². The summed E-state index contributed by atoms with van der Waals surface area (Å²) in [7, 11) is 0. The molecule has 0 aliphatic carbocycles. The van der Waals surface area contributed by atoms with Crippen LogP contribution in [0, 0.1) is 0 Å². The van der Waals surface area contributed by atoms with Crippen LogP contribution in [-0.4, -0.2) is 18.4 Å². The molecule has 0 aliphatic heterocycles. The van der Waals surface area contributed by atoms with E-state index in [1.54, 1.807) is 0 Å². The third kappa shape index (κ3) is 25.6. The predicted molar refractivity (Wildman–Crippen MR) is 143 cm³/mol. The number of hydrogen-bond donors (Lipinski definition) is 0. The van der Waals surface area contributed by atoms with Crippen molar-refractivity contribution in [2.45, 2.75) is 180 Å². The standard InChI is InChI=1S/C30H58O3/c1-3-5-7-9-11-12-13-14-15-16-17-18-20-22-24-26-30(32)33-29(27-28-31)25-23-21-19-10-8-6-4-2/h28-29H,3-27H2,1-2H3. The van der Waals surface area contributed by atoms with Gasteiger partial charge in [-0.1, -0.05) is 142 Å². The maximum atomic E-state index is 12.1. The van der Waals surface area contributed by atoms with E-state index in [0.717, 1.165) is 32.0 Å². The molecule has 0 rings (SSSR count). The van der Waals surface area contributed by atoms with Gasteiger partial charge in [0.25, 0.3) is 0 Å². The summed E-state index contributed by atoms with van der Waals surface area (Å²) >= 11 is 0. The lowest BCUT2D eigenvalue weighted by molar-refractivity contribution is -0.150. The monoisotopic (exact) mass is 466 g/mol. The van der Waals surface area contributed by atoms with Crippen molar-refractivity contribution < 1.29 is 14.3 Å². The van der Waals surface area contributed by atoms with Crippen LogP contribution in [0.4, 0.5) is 0 Å². The second-order valence-electron chi connectivity index (χ2n) is 10.1. The fourth-order valence-electron chi connectivity index (χ4n) is 4.55. The fraction of sp³-hybridized carbons (Fsp3) is 0.933. The van der Waals surface area contributed by atoms with E-state index in [4.69, 9.17) is 4.74 Å². The average molecular weight is 467 g/mol. The van der Waals surface area contributed by atoms with Gasteiger partial charge in [-0.05, 0) is 19.3 Å². The molecule has 0 bridgehead atoms. The van der Waals surface area contributed by atoms with E-state index >= 15 is 0 Å². The van der Waals surface area contributed by atoms with Crippen LogP contribution in [0.15, 0.2) is 0 Å². The van der Waals surface area contributed by atoms with Crippen LogP contribution in [0.25, 0.3) is 0 Å². The molecular weight excluding hydrogens is 408 g/mol. The lowest BCUT2D eigenvalue weighted by atomic mass is 10.0. The Bertz CT molecular complexity index is 407. The van der Waals surface area contributed by atoms with Crippen LogP contribution < -0.4 is 0 Å². The van der Waals surface area contributed by atoms with Gasteiger partial charge in [-0.15, -0.1) is 0 Å². The van der Waals surface area contributed by atoms with E-state index < -0.39 is 0 Å². The highest BCUT2D eigenvalue weighted by Gasteiger charge is 2.13. The molecule has 0 amide bonds. The van der Waals surface area contributed by atoms with Crippen molar-refractivity contribution in [3.63, 3.8) is 0 Å². The van der Waals surface area contributed by atoms with Crippen LogP contribution >= 0.6 is 0 Å². The first-order valence-corrected chi connectivity index (χ1v) is 14.9. The molecule has 3 heteroatoms. The molecule has 0 radical (unpaired) electrons.